The van der Waals surface area contributed by atoms with Crippen molar-refractivity contribution in [3.63, 3.8) is 0 Å². The number of amides is 1. The minimum atomic E-state index is 0.164. The minimum Gasteiger partial charge on any atom is -0.342 e. The van der Waals surface area contributed by atoms with E-state index in [1.165, 1.54) is 0 Å². The molecule has 1 aromatic carbocycles. The first-order chi connectivity index (χ1) is 13.6. The fourth-order valence-corrected chi connectivity index (χ4v) is 4.18. The van der Waals surface area contributed by atoms with Crippen LogP contribution in [0.4, 0.5) is 0 Å². The number of carbonyl (C=O) groups excluding carboxylic acids is 1. The zero-order chi connectivity index (χ0) is 19.5. The summed E-state index contributed by atoms with van der Waals surface area (Å²) in [5, 5.41) is 4.76. The molecule has 2 saturated heterocycles. The van der Waals surface area contributed by atoms with Gasteiger partial charge in [0.2, 0.25) is 17.6 Å². The molecule has 2 aromatic rings. The first kappa shape index (κ1) is 19.4. The summed E-state index contributed by atoms with van der Waals surface area (Å²) >= 11 is 5.93. The number of piperidine rings is 2. The van der Waals surface area contributed by atoms with Crippen molar-refractivity contribution in [2.24, 2.45) is 11.8 Å². The van der Waals surface area contributed by atoms with Gasteiger partial charge in [-0.15, -0.1) is 0 Å². The molecule has 0 radical (unpaired) electrons. The molecule has 1 aromatic heterocycles. The number of carbonyl (C=O) groups is 1. The Hall–Kier alpha value is -1.92. The Morgan fingerprint density at radius 3 is 2.46 bits per heavy atom. The third-order valence-electron chi connectivity index (χ3n) is 5.96. The van der Waals surface area contributed by atoms with E-state index >= 15 is 0 Å². The van der Waals surface area contributed by atoms with Crippen LogP contribution < -0.4 is 0 Å². The van der Waals surface area contributed by atoms with Crippen molar-refractivity contribution >= 4 is 17.5 Å². The van der Waals surface area contributed by atoms with Gasteiger partial charge < -0.3 is 9.42 Å². The van der Waals surface area contributed by atoms with Crippen LogP contribution in [0.3, 0.4) is 0 Å². The lowest BCUT2D eigenvalue weighted by molar-refractivity contribution is -0.138. The number of hydrogen-bond acceptors (Lipinski definition) is 5. The summed E-state index contributed by atoms with van der Waals surface area (Å²) < 4.78 is 5.42. The number of halogens is 1. The Labute approximate surface area is 170 Å². The van der Waals surface area contributed by atoms with Crippen LogP contribution in [0.25, 0.3) is 11.4 Å². The second-order valence-corrected chi connectivity index (χ2v) is 8.51. The first-order valence-corrected chi connectivity index (χ1v) is 10.6. The van der Waals surface area contributed by atoms with Crippen LogP contribution in [0.5, 0.6) is 0 Å². The zero-order valence-electron chi connectivity index (χ0n) is 16.3. The topological polar surface area (TPSA) is 62.5 Å². The normalized spacial score (nSPS) is 19.9. The monoisotopic (exact) mass is 402 g/mol. The van der Waals surface area contributed by atoms with E-state index < -0.39 is 0 Å². The molecule has 0 N–H and O–H groups in total. The Balaban J connectivity index is 1.28. The number of likely N-dealkylation sites (tertiary alicyclic amines) is 2. The van der Waals surface area contributed by atoms with Crippen molar-refractivity contribution in [1.82, 2.24) is 19.9 Å². The fourth-order valence-electron chi connectivity index (χ4n) is 4.05. The molecule has 2 fully saturated rings. The quantitative estimate of drug-likeness (QED) is 0.777. The van der Waals surface area contributed by atoms with Crippen molar-refractivity contribution in [2.45, 2.75) is 39.2 Å². The lowest BCUT2D eigenvalue weighted by atomic mass is 9.93. The summed E-state index contributed by atoms with van der Waals surface area (Å²) in [5.74, 6) is 2.46. The van der Waals surface area contributed by atoms with Crippen LogP contribution in [0.2, 0.25) is 5.02 Å². The van der Waals surface area contributed by atoms with Crippen molar-refractivity contribution in [3.05, 3.63) is 35.2 Å². The number of nitrogens with zero attached hydrogens (tertiary/aromatic N) is 4. The van der Waals surface area contributed by atoms with Crippen molar-refractivity contribution < 1.29 is 9.32 Å². The second-order valence-electron chi connectivity index (χ2n) is 8.08. The van der Waals surface area contributed by atoms with E-state index in [4.69, 9.17) is 16.1 Å². The largest absolute Gasteiger partial charge is 0.342 e. The van der Waals surface area contributed by atoms with Crippen LogP contribution in [0, 0.1) is 11.8 Å². The van der Waals surface area contributed by atoms with Crippen LogP contribution in [-0.4, -0.2) is 52.0 Å². The number of benzene rings is 1. The van der Waals surface area contributed by atoms with Gasteiger partial charge in [-0.1, -0.05) is 23.7 Å². The molecule has 0 unspecified atom stereocenters. The molecule has 7 heteroatoms. The average molecular weight is 403 g/mol. The predicted molar refractivity (Wildman–Crippen MR) is 108 cm³/mol. The molecule has 150 valence electrons. The summed E-state index contributed by atoms with van der Waals surface area (Å²) in [6.07, 6.45) is 4.08. The minimum absolute atomic E-state index is 0.164. The van der Waals surface area contributed by atoms with Crippen LogP contribution in [0.1, 0.15) is 38.5 Å². The van der Waals surface area contributed by atoms with Crippen molar-refractivity contribution in [1.29, 1.82) is 0 Å². The van der Waals surface area contributed by atoms with Gasteiger partial charge in [-0.3, -0.25) is 9.69 Å². The molecule has 2 aliphatic heterocycles. The van der Waals surface area contributed by atoms with E-state index in [2.05, 4.69) is 26.9 Å². The van der Waals surface area contributed by atoms with Crippen molar-refractivity contribution in [2.75, 3.05) is 26.2 Å². The van der Waals surface area contributed by atoms with Gasteiger partial charge >= 0.3 is 0 Å². The molecule has 2 aliphatic rings. The molecule has 6 nitrogen and oxygen atoms in total. The summed E-state index contributed by atoms with van der Waals surface area (Å²) in [4.78, 5) is 21.6. The van der Waals surface area contributed by atoms with E-state index in [1.54, 1.807) is 0 Å². The van der Waals surface area contributed by atoms with Gasteiger partial charge in [0.1, 0.15) is 0 Å². The van der Waals surface area contributed by atoms with Gasteiger partial charge in [0.05, 0.1) is 6.54 Å². The molecular weight excluding hydrogens is 376 g/mol. The van der Waals surface area contributed by atoms with E-state index in [0.717, 1.165) is 63.3 Å². The van der Waals surface area contributed by atoms with E-state index in [1.807, 2.05) is 24.3 Å². The first-order valence-electron chi connectivity index (χ1n) is 10.2. The fraction of sp³-hybridized carbons (Fsp3) is 0.571. The summed E-state index contributed by atoms with van der Waals surface area (Å²) in [5.41, 5.74) is 0.888. The molecule has 4 rings (SSSR count). The second kappa shape index (κ2) is 8.62. The lowest BCUT2D eigenvalue weighted by Gasteiger charge is -2.36. The Bertz CT molecular complexity index is 791. The maximum atomic E-state index is 12.8. The van der Waals surface area contributed by atoms with Gasteiger partial charge in [0.15, 0.2) is 0 Å². The molecule has 3 heterocycles. The third kappa shape index (κ3) is 4.55. The highest BCUT2D eigenvalue weighted by atomic mass is 35.5. The highest BCUT2D eigenvalue weighted by molar-refractivity contribution is 6.30. The standard InChI is InChI=1S/C21H27ClN4O2/c1-15-6-12-26(13-7-15)21(27)17-8-10-25(11-9-17)14-19-23-20(24-28-19)16-2-4-18(22)5-3-16/h2-5,15,17H,6-14H2,1H3. The van der Waals surface area contributed by atoms with Gasteiger partial charge in [-0.25, -0.2) is 0 Å². The average Bonchev–Trinajstić information content (AvgIpc) is 3.18. The molecule has 0 spiro atoms. The number of hydrogen-bond donors (Lipinski definition) is 0. The van der Waals surface area contributed by atoms with E-state index in [-0.39, 0.29) is 5.92 Å². The maximum absolute atomic E-state index is 12.8. The molecule has 0 bridgehead atoms. The highest BCUT2D eigenvalue weighted by Crippen LogP contribution is 2.25. The summed E-state index contributed by atoms with van der Waals surface area (Å²) in [7, 11) is 0. The van der Waals surface area contributed by atoms with Gasteiger partial charge in [-0.05, 0) is 69.0 Å². The summed E-state index contributed by atoms with van der Waals surface area (Å²) in [6.45, 7) is 6.53. The zero-order valence-corrected chi connectivity index (χ0v) is 17.1. The Morgan fingerprint density at radius 2 is 1.79 bits per heavy atom. The van der Waals surface area contributed by atoms with Gasteiger partial charge in [0, 0.05) is 29.6 Å². The molecule has 28 heavy (non-hydrogen) atoms. The molecule has 0 atom stereocenters. The molecule has 0 aliphatic carbocycles. The van der Waals surface area contributed by atoms with Crippen molar-refractivity contribution in [3.8, 4) is 11.4 Å². The van der Waals surface area contributed by atoms with Crippen LogP contribution in [0.15, 0.2) is 28.8 Å². The highest BCUT2D eigenvalue weighted by Gasteiger charge is 2.30. The van der Waals surface area contributed by atoms with Gasteiger partial charge in [0.25, 0.3) is 0 Å². The summed E-state index contributed by atoms with van der Waals surface area (Å²) in [6, 6.07) is 7.40. The number of aromatic nitrogens is 2. The van der Waals surface area contributed by atoms with Crippen LogP contribution in [-0.2, 0) is 11.3 Å². The third-order valence-corrected chi connectivity index (χ3v) is 6.21. The van der Waals surface area contributed by atoms with Crippen LogP contribution >= 0.6 is 11.6 Å². The predicted octanol–water partition coefficient (Wildman–Crippen LogP) is 3.86. The lowest BCUT2D eigenvalue weighted by Crippen LogP contribution is -2.45. The Kier molecular flexibility index (Phi) is 5.97. The van der Waals surface area contributed by atoms with E-state index in [9.17, 15) is 4.79 Å². The SMILES string of the molecule is CC1CCN(C(=O)C2CCN(Cc3nc(-c4ccc(Cl)cc4)no3)CC2)CC1. The molecule has 0 saturated carbocycles. The van der Waals surface area contributed by atoms with Gasteiger partial charge in [-0.2, -0.15) is 4.98 Å². The molecular formula is C21H27ClN4O2. The Morgan fingerprint density at radius 1 is 1.11 bits per heavy atom. The molecule has 1 amide bonds. The van der Waals surface area contributed by atoms with E-state index in [0.29, 0.717) is 29.2 Å². The smallest absolute Gasteiger partial charge is 0.241 e. The number of rotatable bonds is 4. The maximum Gasteiger partial charge on any atom is 0.241 e.